The van der Waals surface area contributed by atoms with Crippen molar-refractivity contribution < 1.29 is 0 Å². The molecule has 0 aromatic rings. The quantitative estimate of drug-likeness (QED) is 0.591. The van der Waals surface area contributed by atoms with Crippen molar-refractivity contribution in [1.29, 1.82) is 0 Å². The second-order valence-electron chi connectivity index (χ2n) is 5.38. The summed E-state index contributed by atoms with van der Waals surface area (Å²) >= 11 is 6.19. The number of nitrogens with zero attached hydrogens (tertiary/aromatic N) is 1. The molecule has 0 aromatic carbocycles. The lowest BCUT2D eigenvalue weighted by molar-refractivity contribution is 0.312. The van der Waals surface area contributed by atoms with Crippen LogP contribution >= 0.6 is 11.6 Å². The molecule has 1 saturated heterocycles. The number of likely N-dealkylation sites (tertiary alicyclic amines) is 1. The molecule has 1 aliphatic carbocycles. The van der Waals surface area contributed by atoms with E-state index in [4.69, 9.17) is 11.6 Å². The SMILES string of the molecule is ClC1CCCC(CNCCN2CCCC2)C1. The van der Waals surface area contributed by atoms with Crippen LogP contribution in [0, 0.1) is 5.92 Å². The molecule has 0 amide bonds. The summed E-state index contributed by atoms with van der Waals surface area (Å²) in [5.41, 5.74) is 0. The van der Waals surface area contributed by atoms with E-state index in [1.165, 1.54) is 64.7 Å². The molecular weight excluding hydrogens is 220 g/mol. The third-order valence-corrected chi connectivity index (χ3v) is 4.35. The van der Waals surface area contributed by atoms with E-state index >= 15 is 0 Å². The Morgan fingerprint density at radius 2 is 1.94 bits per heavy atom. The van der Waals surface area contributed by atoms with Gasteiger partial charge in [-0.15, -0.1) is 11.6 Å². The fourth-order valence-electron chi connectivity index (χ4n) is 2.96. The van der Waals surface area contributed by atoms with Crippen LogP contribution in [0.25, 0.3) is 0 Å². The molecule has 0 radical (unpaired) electrons. The molecule has 2 fully saturated rings. The number of halogens is 1. The van der Waals surface area contributed by atoms with Crippen LogP contribution in [0.3, 0.4) is 0 Å². The summed E-state index contributed by atoms with van der Waals surface area (Å²) in [6.45, 7) is 6.20. The van der Waals surface area contributed by atoms with Crippen molar-refractivity contribution in [2.75, 3.05) is 32.7 Å². The molecule has 0 spiro atoms. The number of hydrogen-bond acceptors (Lipinski definition) is 2. The fraction of sp³-hybridized carbons (Fsp3) is 1.00. The fourth-order valence-corrected chi connectivity index (χ4v) is 3.37. The topological polar surface area (TPSA) is 15.3 Å². The van der Waals surface area contributed by atoms with Gasteiger partial charge in [0.05, 0.1) is 0 Å². The van der Waals surface area contributed by atoms with Gasteiger partial charge in [-0.05, 0) is 57.7 Å². The largest absolute Gasteiger partial charge is 0.315 e. The smallest absolute Gasteiger partial charge is 0.0339 e. The summed E-state index contributed by atoms with van der Waals surface area (Å²) in [6.07, 6.45) is 7.95. The Balaban J connectivity index is 1.50. The van der Waals surface area contributed by atoms with Crippen LogP contribution in [-0.2, 0) is 0 Å². The van der Waals surface area contributed by atoms with Gasteiger partial charge in [0.15, 0.2) is 0 Å². The van der Waals surface area contributed by atoms with Gasteiger partial charge in [0.25, 0.3) is 0 Å². The number of nitrogens with one attached hydrogen (secondary N) is 1. The Bertz CT molecular complexity index is 192. The molecule has 0 bridgehead atoms. The minimum absolute atomic E-state index is 0.444. The number of hydrogen-bond donors (Lipinski definition) is 1. The molecule has 2 rings (SSSR count). The Labute approximate surface area is 105 Å². The van der Waals surface area contributed by atoms with Crippen molar-refractivity contribution in [1.82, 2.24) is 10.2 Å². The lowest BCUT2D eigenvalue weighted by Gasteiger charge is -2.26. The number of alkyl halides is 1. The molecule has 1 saturated carbocycles. The minimum Gasteiger partial charge on any atom is -0.315 e. The second-order valence-corrected chi connectivity index (χ2v) is 6.00. The molecule has 0 aromatic heterocycles. The van der Waals surface area contributed by atoms with Gasteiger partial charge in [-0.2, -0.15) is 0 Å². The molecule has 2 nitrogen and oxygen atoms in total. The van der Waals surface area contributed by atoms with Gasteiger partial charge in [-0.25, -0.2) is 0 Å². The van der Waals surface area contributed by atoms with Crippen molar-refractivity contribution in [3.05, 3.63) is 0 Å². The van der Waals surface area contributed by atoms with Crippen molar-refractivity contribution in [3.63, 3.8) is 0 Å². The first-order chi connectivity index (χ1) is 7.84. The lowest BCUT2D eigenvalue weighted by atomic mass is 9.89. The van der Waals surface area contributed by atoms with Crippen LogP contribution < -0.4 is 5.32 Å². The molecular formula is C13H25ClN2. The van der Waals surface area contributed by atoms with Gasteiger partial charge in [0, 0.05) is 18.5 Å². The molecule has 1 heterocycles. The van der Waals surface area contributed by atoms with E-state index in [-0.39, 0.29) is 0 Å². The maximum atomic E-state index is 6.19. The highest BCUT2D eigenvalue weighted by atomic mass is 35.5. The average molecular weight is 245 g/mol. The van der Waals surface area contributed by atoms with E-state index in [0.29, 0.717) is 5.38 Å². The molecule has 1 N–H and O–H groups in total. The highest BCUT2D eigenvalue weighted by Gasteiger charge is 2.19. The molecule has 2 aliphatic rings. The summed E-state index contributed by atoms with van der Waals surface area (Å²) in [7, 11) is 0. The predicted octanol–water partition coefficient (Wildman–Crippen LogP) is 2.47. The summed E-state index contributed by atoms with van der Waals surface area (Å²) < 4.78 is 0. The Hall–Kier alpha value is 0.210. The Morgan fingerprint density at radius 3 is 2.69 bits per heavy atom. The zero-order valence-electron chi connectivity index (χ0n) is 10.3. The summed E-state index contributed by atoms with van der Waals surface area (Å²) in [5, 5.41) is 4.05. The maximum Gasteiger partial charge on any atom is 0.0339 e. The molecule has 2 atom stereocenters. The van der Waals surface area contributed by atoms with Crippen molar-refractivity contribution in [3.8, 4) is 0 Å². The van der Waals surface area contributed by atoms with E-state index in [9.17, 15) is 0 Å². The van der Waals surface area contributed by atoms with Crippen LogP contribution in [-0.4, -0.2) is 43.0 Å². The second kappa shape index (κ2) is 6.83. The Morgan fingerprint density at radius 1 is 1.12 bits per heavy atom. The molecule has 1 aliphatic heterocycles. The van der Waals surface area contributed by atoms with E-state index < -0.39 is 0 Å². The first-order valence-corrected chi connectivity index (χ1v) is 7.35. The van der Waals surface area contributed by atoms with Crippen LogP contribution in [0.1, 0.15) is 38.5 Å². The third kappa shape index (κ3) is 4.23. The monoisotopic (exact) mass is 244 g/mol. The van der Waals surface area contributed by atoms with E-state index in [2.05, 4.69) is 10.2 Å². The summed E-state index contributed by atoms with van der Waals surface area (Å²) in [6, 6.07) is 0. The highest BCUT2D eigenvalue weighted by Crippen LogP contribution is 2.27. The van der Waals surface area contributed by atoms with Gasteiger partial charge in [-0.1, -0.05) is 6.42 Å². The van der Waals surface area contributed by atoms with Gasteiger partial charge < -0.3 is 10.2 Å². The van der Waals surface area contributed by atoms with Crippen LogP contribution in [0.5, 0.6) is 0 Å². The zero-order valence-corrected chi connectivity index (χ0v) is 11.0. The third-order valence-electron chi connectivity index (χ3n) is 3.96. The van der Waals surface area contributed by atoms with Crippen molar-refractivity contribution in [2.45, 2.75) is 43.9 Å². The van der Waals surface area contributed by atoms with Crippen LogP contribution in [0.15, 0.2) is 0 Å². The standard InChI is InChI=1S/C13H25ClN2/c14-13-5-3-4-12(10-13)11-15-6-9-16-7-1-2-8-16/h12-13,15H,1-11H2. The van der Waals surface area contributed by atoms with Crippen molar-refractivity contribution >= 4 is 11.6 Å². The van der Waals surface area contributed by atoms with E-state index in [1.54, 1.807) is 0 Å². The van der Waals surface area contributed by atoms with Crippen LogP contribution in [0.4, 0.5) is 0 Å². The summed E-state index contributed by atoms with van der Waals surface area (Å²) in [5.74, 6) is 0.829. The summed E-state index contributed by atoms with van der Waals surface area (Å²) in [4.78, 5) is 2.57. The molecule has 3 heteroatoms. The van der Waals surface area contributed by atoms with E-state index in [0.717, 1.165) is 12.5 Å². The van der Waals surface area contributed by atoms with Gasteiger partial charge in [0.2, 0.25) is 0 Å². The predicted molar refractivity (Wildman–Crippen MR) is 70.1 cm³/mol. The minimum atomic E-state index is 0.444. The normalized spacial score (nSPS) is 32.1. The average Bonchev–Trinajstić information content (AvgIpc) is 2.77. The lowest BCUT2D eigenvalue weighted by Crippen LogP contribution is -2.34. The first kappa shape index (κ1) is 12.7. The molecule has 94 valence electrons. The number of rotatable bonds is 5. The Kier molecular flexibility index (Phi) is 5.40. The van der Waals surface area contributed by atoms with Crippen LogP contribution in [0.2, 0.25) is 0 Å². The maximum absolute atomic E-state index is 6.19. The van der Waals surface area contributed by atoms with Gasteiger partial charge in [-0.3, -0.25) is 0 Å². The van der Waals surface area contributed by atoms with E-state index in [1.807, 2.05) is 0 Å². The molecule has 2 unspecified atom stereocenters. The van der Waals surface area contributed by atoms with Gasteiger partial charge in [0.1, 0.15) is 0 Å². The first-order valence-electron chi connectivity index (χ1n) is 6.92. The zero-order chi connectivity index (χ0) is 11.2. The highest BCUT2D eigenvalue weighted by molar-refractivity contribution is 6.20. The van der Waals surface area contributed by atoms with Crippen molar-refractivity contribution in [2.24, 2.45) is 5.92 Å². The molecule has 16 heavy (non-hydrogen) atoms. The van der Waals surface area contributed by atoms with Gasteiger partial charge >= 0.3 is 0 Å².